The number of rotatable bonds is 10. The quantitative estimate of drug-likeness (QED) is 0.294. The van der Waals surface area contributed by atoms with Gasteiger partial charge >= 0.3 is 11.9 Å². The van der Waals surface area contributed by atoms with Crippen molar-refractivity contribution in [2.24, 2.45) is 29.1 Å². The lowest BCUT2D eigenvalue weighted by molar-refractivity contribution is -0.156. The van der Waals surface area contributed by atoms with Crippen LogP contribution in [0.4, 0.5) is 0 Å². The summed E-state index contributed by atoms with van der Waals surface area (Å²) < 4.78 is 5.36. The van der Waals surface area contributed by atoms with E-state index in [-0.39, 0.29) is 42.8 Å². The number of carboxylic acid groups (broad SMARTS) is 1. The summed E-state index contributed by atoms with van der Waals surface area (Å²) in [5.41, 5.74) is 2.29. The smallest absolute Gasteiger partial charge is 0.309 e. The molecule has 0 aromatic heterocycles. The van der Waals surface area contributed by atoms with Gasteiger partial charge in [-0.2, -0.15) is 0 Å². The first-order valence-corrected chi connectivity index (χ1v) is 14.3. The fraction of sp³-hybridized carbons (Fsp3) is 0.742. The van der Waals surface area contributed by atoms with Crippen LogP contribution in [0.5, 0.6) is 0 Å². The van der Waals surface area contributed by atoms with E-state index in [9.17, 15) is 24.9 Å². The van der Waals surface area contributed by atoms with Gasteiger partial charge in [0.15, 0.2) is 0 Å². The lowest BCUT2D eigenvalue weighted by Gasteiger charge is -2.46. The number of aliphatic hydroxyl groups excluding tert-OH is 2. The van der Waals surface area contributed by atoms with Crippen molar-refractivity contribution in [2.45, 2.75) is 110 Å². The second kappa shape index (κ2) is 12.5. The van der Waals surface area contributed by atoms with E-state index < -0.39 is 29.6 Å². The molecule has 7 heteroatoms. The van der Waals surface area contributed by atoms with E-state index in [0.717, 1.165) is 56.1 Å². The van der Waals surface area contributed by atoms with Crippen LogP contribution in [0.25, 0.3) is 0 Å². The number of hydrogen-bond acceptors (Lipinski definition) is 6. The Morgan fingerprint density at radius 3 is 2.58 bits per heavy atom. The third-order valence-electron chi connectivity index (χ3n) is 9.65. The first-order chi connectivity index (χ1) is 17.7. The molecule has 3 aliphatic rings. The molecule has 0 bridgehead atoms. The molecule has 7 nitrogen and oxygen atoms in total. The van der Waals surface area contributed by atoms with Crippen molar-refractivity contribution >= 4 is 11.9 Å². The zero-order chi connectivity index (χ0) is 28.3. The van der Waals surface area contributed by atoms with Gasteiger partial charge in [0.1, 0.15) is 6.61 Å². The van der Waals surface area contributed by atoms with Crippen LogP contribution in [0.15, 0.2) is 35.5 Å². The van der Waals surface area contributed by atoms with Gasteiger partial charge in [0.25, 0.3) is 0 Å². The summed E-state index contributed by atoms with van der Waals surface area (Å²) in [7, 11) is 0. The zero-order valence-electron chi connectivity index (χ0n) is 23.6. The van der Waals surface area contributed by atoms with Gasteiger partial charge in [0.05, 0.1) is 30.1 Å². The molecule has 214 valence electrons. The van der Waals surface area contributed by atoms with Crippen molar-refractivity contribution < 1.29 is 34.8 Å². The Morgan fingerprint density at radius 1 is 1.21 bits per heavy atom. The molecule has 4 N–H and O–H groups in total. The summed E-state index contributed by atoms with van der Waals surface area (Å²) in [5, 5.41) is 40.1. The highest BCUT2D eigenvalue weighted by Gasteiger charge is 2.53. The minimum absolute atomic E-state index is 0.00955. The van der Waals surface area contributed by atoms with Crippen LogP contribution in [-0.4, -0.2) is 56.8 Å². The molecule has 7 atom stereocenters. The van der Waals surface area contributed by atoms with Crippen molar-refractivity contribution in [3.05, 3.63) is 35.5 Å². The maximum absolute atomic E-state index is 13.2. The van der Waals surface area contributed by atoms with Gasteiger partial charge in [-0.15, -0.1) is 0 Å². The number of esters is 1. The van der Waals surface area contributed by atoms with E-state index in [0.29, 0.717) is 12.3 Å². The normalized spacial score (nSPS) is 32.6. The van der Waals surface area contributed by atoms with Crippen LogP contribution in [0.3, 0.4) is 0 Å². The van der Waals surface area contributed by atoms with Crippen molar-refractivity contribution in [3.8, 4) is 0 Å². The lowest BCUT2D eigenvalue weighted by Crippen LogP contribution is -2.44. The average Bonchev–Trinajstić information content (AvgIpc) is 3.19. The SMILES string of the molecule is C=C1CC[C@H](O)CC1=CC=C1CCC[C@@]2(C)C1CC[C@@H]2[C@H](C)C(CC(O)C(C)(C)O)C(=O)OCCC(=O)O. The van der Waals surface area contributed by atoms with E-state index in [4.69, 9.17) is 9.84 Å². The Bertz CT molecular complexity index is 942. The standard InChI is InChI=1S/C31H48O7/c1-19-8-11-23(32)17-22(19)10-9-21-7-6-15-31(5)25(12-13-26(21)31)20(2)24(18-27(33)30(3,4)37)29(36)38-16-14-28(34)35/h9-10,20,23-27,32-33,37H,1,6-8,11-18H2,2-5H3,(H,34,35)/t20-,23+,24?,25-,26?,27?,31-/m1/s1. The highest BCUT2D eigenvalue weighted by molar-refractivity contribution is 5.73. The monoisotopic (exact) mass is 532 g/mol. The summed E-state index contributed by atoms with van der Waals surface area (Å²) in [6, 6.07) is 0. The summed E-state index contributed by atoms with van der Waals surface area (Å²) in [4.78, 5) is 24.1. The van der Waals surface area contributed by atoms with E-state index in [1.807, 2.05) is 6.92 Å². The Morgan fingerprint density at radius 2 is 1.92 bits per heavy atom. The summed E-state index contributed by atoms with van der Waals surface area (Å²) in [5.74, 6) is -1.67. The number of aliphatic carboxylic acids is 1. The van der Waals surface area contributed by atoms with Gasteiger partial charge in [-0.1, -0.05) is 43.7 Å². The number of hydrogen-bond donors (Lipinski definition) is 4. The molecule has 38 heavy (non-hydrogen) atoms. The summed E-state index contributed by atoms with van der Waals surface area (Å²) in [6.07, 6.45) is 10.2. The molecular formula is C31H48O7. The highest BCUT2D eigenvalue weighted by atomic mass is 16.5. The molecule has 3 unspecified atom stereocenters. The lowest BCUT2D eigenvalue weighted by atomic mass is 9.59. The number of fused-ring (bicyclic) bond motifs is 1. The van der Waals surface area contributed by atoms with Gasteiger partial charge in [0, 0.05) is 0 Å². The minimum Gasteiger partial charge on any atom is -0.481 e. The van der Waals surface area contributed by atoms with Crippen molar-refractivity contribution in [2.75, 3.05) is 6.61 Å². The first-order valence-electron chi connectivity index (χ1n) is 14.3. The van der Waals surface area contributed by atoms with E-state index >= 15 is 0 Å². The third-order valence-corrected chi connectivity index (χ3v) is 9.65. The number of aliphatic hydroxyl groups is 3. The molecule has 3 aliphatic carbocycles. The van der Waals surface area contributed by atoms with E-state index in [1.165, 1.54) is 19.4 Å². The average molecular weight is 533 g/mol. The number of ether oxygens (including phenoxy) is 1. The van der Waals surface area contributed by atoms with Gasteiger partial charge in [-0.25, -0.2) is 0 Å². The topological polar surface area (TPSA) is 124 Å². The molecule has 0 radical (unpaired) electrons. The Labute approximate surface area is 227 Å². The second-order valence-electron chi connectivity index (χ2n) is 12.7. The molecule has 3 fully saturated rings. The highest BCUT2D eigenvalue weighted by Crippen LogP contribution is 2.60. The first kappa shape index (κ1) is 30.6. The molecular weight excluding hydrogens is 484 g/mol. The second-order valence-corrected chi connectivity index (χ2v) is 12.7. The maximum Gasteiger partial charge on any atom is 0.309 e. The van der Waals surface area contributed by atoms with Crippen LogP contribution in [0.1, 0.15) is 91.9 Å². The summed E-state index contributed by atoms with van der Waals surface area (Å²) >= 11 is 0. The zero-order valence-corrected chi connectivity index (χ0v) is 23.6. The molecule has 3 rings (SSSR count). The maximum atomic E-state index is 13.2. The van der Waals surface area contributed by atoms with Gasteiger partial charge in [-0.05, 0) is 100 Å². The van der Waals surface area contributed by atoms with Crippen molar-refractivity contribution in [3.63, 3.8) is 0 Å². The number of carboxylic acids is 1. The molecule has 0 saturated heterocycles. The Kier molecular flexibility index (Phi) is 10.0. The van der Waals surface area contributed by atoms with Crippen molar-refractivity contribution in [1.29, 1.82) is 0 Å². The van der Waals surface area contributed by atoms with E-state index in [2.05, 4.69) is 25.7 Å². The molecule has 0 aromatic carbocycles. The van der Waals surface area contributed by atoms with Gasteiger partial charge < -0.3 is 25.2 Å². The number of carbonyl (C=O) groups is 2. The minimum atomic E-state index is -1.37. The molecule has 0 amide bonds. The fourth-order valence-corrected chi connectivity index (χ4v) is 7.22. The molecule has 3 saturated carbocycles. The predicted octanol–water partition coefficient (Wildman–Crippen LogP) is 4.95. The third kappa shape index (κ3) is 7.16. The number of allylic oxidation sites excluding steroid dienone is 4. The van der Waals surface area contributed by atoms with Gasteiger partial charge in [-0.3, -0.25) is 9.59 Å². The molecule has 0 aliphatic heterocycles. The predicted molar refractivity (Wildman–Crippen MR) is 146 cm³/mol. The Balaban J connectivity index is 1.82. The Hall–Kier alpha value is -1.96. The van der Waals surface area contributed by atoms with Crippen LogP contribution >= 0.6 is 0 Å². The summed E-state index contributed by atoms with van der Waals surface area (Å²) in [6.45, 7) is 11.4. The molecule has 0 heterocycles. The van der Waals surface area contributed by atoms with Crippen LogP contribution in [0.2, 0.25) is 0 Å². The largest absolute Gasteiger partial charge is 0.481 e. The van der Waals surface area contributed by atoms with Crippen LogP contribution in [-0.2, 0) is 14.3 Å². The molecule has 0 aromatic rings. The van der Waals surface area contributed by atoms with Crippen molar-refractivity contribution in [1.82, 2.24) is 0 Å². The molecule has 0 spiro atoms. The van der Waals surface area contributed by atoms with Crippen LogP contribution < -0.4 is 0 Å². The van der Waals surface area contributed by atoms with Gasteiger partial charge in [0.2, 0.25) is 0 Å². The van der Waals surface area contributed by atoms with E-state index in [1.54, 1.807) is 0 Å². The fourth-order valence-electron chi connectivity index (χ4n) is 7.22. The van der Waals surface area contributed by atoms with Crippen LogP contribution in [0, 0.1) is 29.1 Å². The number of carbonyl (C=O) groups excluding carboxylic acids is 1.